The molecule has 32 heavy (non-hydrogen) atoms. The zero-order valence-corrected chi connectivity index (χ0v) is 21.0. The van der Waals surface area contributed by atoms with Crippen LogP contribution in [0, 0.1) is 5.92 Å². The lowest BCUT2D eigenvalue weighted by atomic mass is 10.0. The minimum Gasteiger partial charge on any atom is -0.458 e. The van der Waals surface area contributed by atoms with E-state index < -0.39 is 53.7 Å². The third-order valence-corrected chi connectivity index (χ3v) is 4.51. The first kappa shape index (κ1) is 28.2. The Labute approximate surface area is 191 Å². The van der Waals surface area contributed by atoms with Gasteiger partial charge >= 0.3 is 18.2 Å². The van der Waals surface area contributed by atoms with Crippen molar-refractivity contribution in [3.63, 3.8) is 0 Å². The van der Waals surface area contributed by atoms with Crippen LogP contribution in [0.5, 0.6) is 0 Å². The van der Waals surface area contributed by atoms with Crippen molar-refractivity contribution in [1.29, 1.82) is 0 Å². The Hall–Kier alpha value is -1.87. The zero-order chi connectivity index (χ0) is 24.9. The van der Waals surface area contributed by atoms with Gasteiger partial charge in [-0.25, -0.2) is 14.4 Å². The zero-order valence-electron chi connectivity index (χ0n) is 21.0. The smallest absolute Gasteiger partial charge is 0.420 e. The van der Waals surface area contributed by atoms with Crippen LogP contribution in [0.1, 0.15) is 81.6 Å². The van der Waals surface area contributed by atoms with Gasteiger partial charge in [0.1, 0.15) is 29.5 Å². The van der Waals surface area contributed by atoms with Gasteiger partial charge in [-0.3, -0.25) is 0 Å². The molecule has 0 aliphatic carbocycles. The molecule has 2 amide bonds. The Morgan fingerprint density at radius 3 is 2.00 bits per heavy atom. The Morgan fingerprint density at radius 1 is 1.06 bits per heavy atom. The van der Waals surface area contributed by atoms with E-state index in [0.29, 0.717) is 24.3 Å². The lowest BCUT2D eigenvalue weighted by molar-refractivity contribution is -0.168. The summed E-state index contributed by atoms with van der Waals surface area (Å²) in [5, 5.41) is 10.6. The Bertz CT molecular complexity index is 621. The molecule has 1 fully saturated rings. The van der Waals surface area contributed by atoms with Crippen LogP contribution >= 0.6 is 0 Å². The fourth-order valence-corrected chi connectivity index (χ4v) is 3.18. The Morgan fingerprint density at radius 2 is 1.56 bits per heavy atom. The summed E-state index contributed by atoms with van der Waals surface area (Å²) in [4.78, 5) is 39.6. The van der Waals surface area contributed by atoms with E-state index in [1.807, 2.05) is 13.8 Å². The molecule has 0 bridgehead atoms. The summed E-state index contributed by atoms with van der Waals surface area (Å²) in [6.07, 6.45) is -3.56. The molecule has 186 valence electrons. The van der Waals surface area contributed by atoms with Crippen LogP contribution in [0.3, 0.4) is 0 Å². The van der Waals surface area contributed by atoms with Gasteiger partial charge in [-0.1, -0.05) is 13.8 Å². The molecule has 1 aliphatic rings. The van der Waals surface area contributed by atoms with Crippen LogP contribution in [0.15, 0.2) is 0 Å². The molecule has 1 heterocycles. The van der Waals surface area contributed by atoms with Crippen LogP contribution in [-0.2, 0) is 23.7 Å². The molecule has 0 aromatic carbocycles. The van der Waals surface area contributed by atoms with Gasteiger partial charge in [-0.05, 0) is 73.6 Å². The summed E-state index contributed by atoms with van der Waals surface area (Å²) in [5.41, 5.74) is -1.78. The molecule has 0 aromatic rings. The molecular weight excluding hydrogens is 418 g/mol. The van der Waals surface area contributed by atoms with Gasteiger partial charge in [-0.2, -0.15) is 4.90 Å². The van der Waals surface area contributed by atoms with Crippen molar-refractivity contribution < 1.29 is 38.4 Å². The van der Waals surface area contributed by atoms with Crippen molar-refractivity contribution >= 4 is 18.2 Å². The van der Waals surface area contributed by atoms with Crippen LogP contribution in [0.2, 0.25) is 0 Å². The average Bonchev–Trinajstić information content (AvgIpc) is 2.60. The number of ether oxygens (including phenoxy) is 4. The molecule has 0 saturated carbocycles. The fourth-order valence-electron chi connectivity index (χ4n) is 3.18. The molecule has 9 nitrogen and oxygen atoms in total. The normalized spacial score (nSPS) is 25.3. The molecule has 1 aliphatic heterocycles. The lowest BCUT2D eigenvalue weighted by Crippen LogP contribution is -2.53. The number of rotatable bonds is 4. The van der Waals surface area contributed by atoms with Gasteiger partial charge in [0, 0.05) is 6.61 Å². The van der Waals surface area contributed by atoms with Gasteiger partial charge in [0.2, 0.25) is 0 Å². The van der Waals surface area contributed by atoms with Crippen LogP contribution in [0.25, 0.3) is 0 Å². The number of hydrogen-bond donors (Lipinski definition) is 1. The molecule has 1 N–H and O–H groups in total. The summed E-state index contributed by atoms with van der Waals surface area (Å²) < 4.78 is 22.1. The van der Waals surface area contributed by atoms with Gasteiger partial charge in [-0.15, -0.1) is 0 Å². The summed E-state index contributed by atoms with van der Waals surface area (Å²) in [6, 6.07) is -1.25. The van der Waals surface area contributed by atoms with E-state index in [1.165, 1.54) is 0 Å². The largest absolute Gasteiger partial charge is 0.458 e. The van der Waals surface area contributed by atoms with Crippen LogP contribution in [-0.4, -0.2) is 70.3 Å². The molecule has 1 saturated heterocycles. The third kappa shape index (κ3) is 9.32. The standard InChI is InChI=1S/C23H41NO8/c1-14(2)13-29-18-15(3)30-19(26)16(11-10-12-17(18)25)24(20(27)31-22(4,5)6)21(28)32-23(7,8)9/h14-18,25H,10-13H2,1-9H3/t15-,16-,17-,18-/m0/s1. The number of carbonyl (C=O) groups excluding carboxylic acids is 3. The average molecular weight is 460 g/mol. The van der Waals surface area contributed by atoms with E-state index in [1.54, 1.807) is 48.5 Å². The Balaban J connectivity index is 3.21. The first-order valence-electron chi connectivity index (χ1n) is 11.3. The van der Waals surface area contributed by atoms with Gasteiger partial charge in [0.15, 0.2) is 0 Å². The maximum absolute atomic E-state index is 13.1. The first-order chi connectivity index (χ1) is 14.5. The summed E-state index contributed by atoms with van der Waals surface area (Å²) in [7, 11) is 0. The highest BCUT2D eigenvalue weighted by Gasteiger charge is 2.43. The van der Waals surface area contributed by atoms with Crippen molar-refractivity contribution in [3.05, 3.63) is 0 Å². The summed E-state index contributed by atoms with van der Waals surface area (Å²) >= 11 is 0. The number of aliphatic hydroxyl groups excluding tert-OH is 1. The second-order valence-corrected chi connectivity index (χ2v) is 10.7. The van der Waals surface area contributed by atoms with Crippen molar-refractivity contribution in [2.24, 2.45) is 5.92 Å². The number of amides is 2. The van der Waals surface area contributed by atoms with Gasteiger partial charge < -0.3 is 24.1 Å². The van der Waals surface area contributed by atoms with Gasteiger partial charge in [0.25, 0.3) is 0 Å². The molecule has 0 spiro atoms. The van der Waals surface area contributed by atoms with E-state index >= 15 is 0 Å². The fraction of sp³-hybridized carbons (Fsp3) is 0.870. The highest BCUT2D eigenvalue weighted by atomic mass is 16.6. The topological polar surface area (TPSA) is 112 Å². The second-order valence-electron chi connectivity index (χ2n) is 10.7. The number of carbonyl (C=O) groups is 3. The molecule has 0 aromatic heterocycles. The maximum atomic E-state index is 13.1. The molecule has 9 heteroatoms. The predicted octanol–water partition coefficient (Wildman–Crippen LogP) is 4.04. The summed E-state index contributed by atoms with van der Waals surface area (Å²) in [5.74, 6) is -0.540. The number of nitrogens with zero attached hydrogens (tertiary/aromatic N) is 1. The van der Waals surface area contributed by atoms with E-state index in [9.17, 15) is 19.5 Å². The quantitative estimate of drug-likeness (QED) is 0.495. The molecule has 0 radical (unpaired) electrons. The predicted molar refractivity (Wildman–Crippen MR) is 118 cm³/mol. The molecule has 0 unspecified atom stereocenters. The van der Waals surface area contributed by atoms with E-state index in [2.05, 4.69) is 0 Å². The van der Waals surface area contributed by atoms with Crippen molar-refractivity contribution in [2.45, 2.75) is 117 Å². The van der Waals surface area contributed by atoms with Crippen molar-refractivity contribution in [1.82, 2.24) is 4.90 Å². The second kappa shape index (κ2) is 11.3. The van der Waals surface area contributed by atoms with E-state index in [0.717, 1.165) is 0 Å². The number of hydrogen-bond acceptors (Lipinski definition) is 8. The molecular formula is C23H41NO8. The van der Waals surface area contributed by atoms with Crippen LogP contribution in [0.4, 0.5) is 9.59 Å². The van der Waals surface area contributed by atoms with Gasteiger partial charge in [0.05, 0.1) is 6.10 Å². The van der Waals surface area contributed by atoms with Crippen LogP contribution < -0.4 is 0 Å². The highest BCUT2D eigenvalue weighted by Crippen LogP contribution is 2.25. The number of aliphatic hydroxyl groups is 1. The van der Waals surface area contributed by atoms with E-state index in [-0.39, 0.29) is 12.3 Å². The Kier molecular flexibility index (Phi) is 9.96. The van der Waals surface area contributed by atoms with E-state index in [4.69, 9.17) is 18.9 Å². The third-order valence-electron chi connectivity index (χ3n) is 4.51. The molecule has 4 atom stereocenters. The minimum absolute atomic E-state index is 0.0952. The molecule has 1 rings (SSSR count). The first-order valence-corrected chi connectivity index (χ1v) is 11.3. The maximum Gasteiger partial charge on any atom is 0.420 e. The van der Waals surface area contributed by atoms with Crippen molar-refractivity contribution in [3.8, 4) is 0 Å². The minimum atomic E-state index is -1.25. The SMILES string of the molecule is CC(C)CO[C@H]1[C@H](C)OC(=O)[C@@H](N(C(=O)OC(C)(C)C)C(=O)OC(C)(C)C)CCC[C@@H]1O. The van der Waals surface area contributed by atoms with Crippen molar-refractivity contribution in [2.75, 3.05) is 6.61 Å². The lowest BCUT2D eigenvalue weighted by Gasteiger charge is -2.33. The number of cyclic esters (lactones) is 1. The highest BCUT2D eigenvalue weighted by molar-refractivity contribution is 5.94. The number of imide groups is 1. The summed E-state index contributed by atoms with van der Waals surface area (Å²) in [6.45, 7) is 16.0. The monoisotopic (exact) mass is 459 g/mol. The number of esters is 1.